The quantitative estimate of drug-likeness (QED) is 0.0589. The van der Waals surface area contributed by atoms with E-state index < -0.39 is 49.1 Å². The molecule has 4 heterocycles. The van der Waals surface area contributed by atoms with Gasteiger partial charge in [-0.2, -0.15) is 0 Å². The second kappa shape index (κ2) is 13.2. The molecule has 13 nitrogen and oxygen atoms in total. The number of aliphatic imine (C=N–C) groups is 1. The summed E-state index contributed by atoms with van der Waals surface area (Å²) in [4.78, 5) is 55.9. The van der Waals surface area contributed by atoms with Gasteiger partial charge in [-0.05, 0) is 19.8 Å². The second-order valence-corrected chi connectivity index (χ2v) is 11.0. The van der Waals surface area contributed by atoms with Crippen LogP contribution in [0.4, 0.5) is 9.52 Å². The van der Waals surface area contributed by atoms with Crippen LogP contribution in [0, 0.1) is 6.92 Å². The summed E-state index contributed by atoms with van der Waals surface area (Å²) in [5.41, 5.74) is 5.55. The molecule has 2 aromatic rings. The van der Waals surface area contributed by atoms with Crippen molar-refractivity contribution in [3.05, 3.63) is 32.2 Å². The minimum Gasteiger partial charge on any atom is -0.857 e. The molecule has 0 spiro atoms. The van der Waals surface area contributed by atoms with Crippen molar-refractivity contribution < 1.29 is 68.1 Å². The van der Waals surface area contributed by atoms with Gasteiger partial charge in [-0.25, -0.2) is 23.9 Å². The number of aliphatic carboxylic acids is 1. The summed E-state index contributed by atoms with van der Waals surface area (Å²) in [5.74, 6) is -3.47. The van der Waals surface area contributed by atoms with E-state index in [0.717, 1.165) is 39.3 Å². The number of thioether (sulfide) groups is 1. The first-order valence-corrected chi connectivity index (χ1v) is 13.4. The minimum atomic E-state index is -1.32. The number of aromatic nitrogens is 2. The van der Waals surface area contributed by atoms with Gasteiger partial charge in [-0.1, -0.05) is 16.9 Å². The zero-order chi connectivity index (χ0) is 27.6. The fourth-order valence-corrected chi connectivity index (χ4v) is 6.69. The van der Waals surface area contributed by atoms with Crippen molar-refractivity contribution in [1.82, 2.24) is 14.9 Å². The summed E-state index contributed by atoms with van der Waals surface area (Å²) >= 11 is 3.16. The number of aryl methyl sites for hydroxylation is 1. The number of thiazole rings is 2. The first-order valence-electron chi connectivity index (χ1n) is 10.9. The fraction of sp³-hybridized carbons (Fsp3) is 0.381. The van der Waals surface area contributed by atoms with Crippen molar-refractivity contribution in [2.75, 3.05) is 26.1 Å². The van der Waals surface area contributed by atoms with Gasteiger partial charge in [0.1, 0.15) is 41.3 Å². The summed E-state index contributed by atoms with van der Waals surface area (Å²) in [6, 6.07) is -1.81. The molecule has 0 bridgehead atoms. The Morgan fingerprint density at radius 3 is 2.77 bits per heavy atom. The largest absolute Gasteiger partial charge is 1.00 e. The Balaban J connectivity index is 0.00000420. The molecule has 0 unspecified atom stereocenters. The van der Waals surface area contributed by atoms with E-state index in [0.29, 0.717) is 26.2 Å². The smallest absolute Gasteiger partial charge is 0.857 e. The van der Waals surface area contributed by atoms with Crippen molar-refractivity contribution in [3.63, 3.8) is 0 Å². The van der Waals surface area contributed by atoms with E-state index in [-0.39, 0.29) is 58.2 Å². The number of anilines is 1. The second-order valence-electron chi connectivity index (χ2n) is 7.79. The number of carbonyl (C=O) groups excluding carboxylic acids is 2. The molecule has 2 aromatic heterocycles. The van der Waals surface area contributed by atoms with Crippen LogP contribution in [0.15, 0.2) is 30.5 Å². The van der Waals surface area contributed by atoms with Crippen LogP contribution in [0.1, 0.15) is 33.9 Å². The molecule has 2 aliphatic heterocycles. The van der Waals surface area contributed by atoms with E-state index in [2.05, 4.69) is 20.1 Å². The number of hydrogen-bond donors (Lipinski definition) is 2. The predicted molar refractivity (Wildman–Crippen MR) is 135 cm³/mol. The monoisotopic (exact) mass is 606 g/mol. The Kier molecular flexibility index (Phi) is 10.5. The number of ether oxygens (including phenoxy) is 1. The van der Waals surface area contributed by atoms with Gasteiger partial charge in [-0.15, -0.1) is 22.7 Å². The molecule has 2 atom stereocenters. The topological polar surface area (TPSA) is 193 Å². The van der Waals surface area contributed by atoms with Crippen LogP contribution in [0.5, 0.6) is 0 Å². The zero-order valence-corrected chi connectivity index (χ0v) is 25.3. The number of nitrogens with zero attached hydrogens (tertiary/aromatic N) is 5. The third kappa shape index (κ3) is 6.44. The van der Waals surface area contributed by atoms with E-state index in [4.69, 9.17) is 15.3 Å². The predicted octanol–water partition coefficient (Wildman–Crippen LogP) is -1.81. The van der Waals surface area contributed by atoms with Crippen LogP contribution in [-0.2, 0) is 19.2 Å². The fourth-order valence-electron chi connectivity index (χ4n) is 3.81. The minimum absolute atomic E-state index is 0. The van der Waals surface area contributed by atoms with E-state index in [1.165, 1.54) is 12.5 Å². The van der Waals surface area contributed by atoms with Crippen LogP contribution < -0.4 is 40.4 Å². The molecule has 0 radical (unpaired) electrons. The van der Waals surface area contributed by atoms with Gasteiger partial charge in [0.2, 0.25) is 0 Å². The number of nitrogens with two attached hydrogens (primary N) is 1. The Bertz CT molecular complexity index is 1380. The number of oxime groups is 1. The Hall–Kier alpha value is -2.57. The number of hydrogen-bond acceptors (Lipinski definition) is 14. The first kappa shape index (κ1) is 31.0. The van der Waals surface area contributed by atoms with Crippen molar-refractivity contribution in [2.24, 2.45) is 10.1 Å². The molecule has 1 fully saturated rings. The van der Waals surface area contributed by atoms with Crippen LogP contribution in [-0.4, -0.2) is 81.9 Å². The Morgan fingerprint density at radius 1 is 1.41 bits per heavy atom. The van der Waals surface area contributed by atoms with Crippen LogP contribution >= 0.6 is 34.4 Å². The number of esters is 1. The molecule has 1 saturated heterocycles. The van der Waals surface area contributed by atoms with Crippen LogP contribution in [0.2, 0.25) is 0 Å². The Morgan fingerprint density at radius 2 is 2.15 bits per heavy atom. The molecule has 1 amide bonds. The van der Waals surface area contributed by atoms with Crippen LogP contribution in [0.25, 0.3) is 0 Å². The van der Waals surface area contributed by atoms with Gasteiger partial charge in [0.15, 0.2) is 9.47 Å². The van der Waals surface area contributed by atoms with Crippen molar-refractivity contribution in [2.45, 2.75) is 36.2 Å². The number of amides is 1. The van der Waals surface area contributed by atoms with Gasteiger partial charge in [0.05, 0.1) is 18.8 Å². The molecule has 0 aromatic carbocycles. The van der Waals surface area contributed by atoms with E-state index in [1.807, 2.05) is 0 Å². The molecule has 4 rings (SSSR count). The summed E-state index contributed by atoms with van der Waals surface area (Å²) in [5, 5.41) is 28.0. The molecular weight excluding hydrogens is 586 g/mol. The molecule has 0 aliphatic carbocycles. The maximum Gasteiger partial charge on any atom is 1.00 e. The average Bonchev–Trinajstić information content (AvgIpc) is 3.48. The average molecular weight is 607 g/mol. The third-order valence-corrected chi connectivity index (χ3v) is 8.48. The number of rotatable bonds is 10. The number of carboxylic acid groups (broad SMARTS) is 1. The standard InChI is InChI=1S/C21H21FN6O7S3.Na/c1-8-15(19(33)34-2)38-21(24-8)37-11-4-3-10-13(17(30)28(10)14(11)18(31)32)26-16(29)12(27-35-6-5-22)9-7-36-20(23)25-9;/h7,10,13H,3-6H2,1-2H3,(H2,23,25)(H,26,29)(H,31,32);/q;+1/p-1/b27-12+;/t10-,13+;/m1./s1. The van der Waals surface area contributed by atoms with Gasteiger partial charge in [0.25, 0.3) is 5.91 Å². The number of carbonyl (C=O) groups is 3. The molecular formula is C21H20FN6NaO7S3. The van der Waals surface area contributed by atoms with Gasteiger partial charge < -0.3 is 25.5 Å². The molecule has 39 heavy (non-hydrogen) atoms. The van der Waals surface area contributed by atoms with Crippen molar-refractivity contribution in [3.8, 4) is 0 Å². The summed E-state index contributed by atoms with van der Waals surface area (Å²) in [7, 11) is 1.25. The zero-order valence-electron chi connectivity index (χ0n) is 20.9. The van der Waals surface area contributed by atoms with Gasteiger partial charge >= 0.3 is 41.5 Å². The van der Waals surface area contributed by atoms with E-state index >= 15 is 0 Å². The number of alkyl halides is 1. The maximum atomic E-state index is 13.0. The molecule has 18 heteroatoms. The number of methoxy groups -OCH3 is 1. The summed E-state index contributed by atoms with van der Waals surface area (Å²) in [6.07, 6.45) is 0.602. The van der Waals surface area contributed by atoms with Gasteiger partial charge in [0, 0.05) is 16.2 Å². The summed E-state index contributed by atoms with van der Waals surface area (Å²) in [6.45, 7) is 0.398. The van der Waals surface area contributed by atoms with Crippen LogP contribution in [0.3, 0.4) is 0 Å². The summed E-state index contributed by atoms with van der Waals surface area (Å²) < 4.78 is 17.6. The number of allylic oxidation sites excluding steroid dienone is 1. The molecule has 0 saturated carbocycles. The van der Waals surface area contributed by atoms with Crippen molar-refractivity contribution >= 4 is 69.0 Å². The number of nitrogen functional groups attached to an aromatic ring is 1. The Labute approximate surface area is 255 Å². The molecule has 2 aliphatic rings. The molecule has 202 valence electrons. The first-order chi connectivity index (χ1) is 18.2. The number of β-lactam (4-membered cyclic amide) rings is 1. The van der Waals surface area contributed by atoms with Crippen molar-refractivity contribution in [1.29, 1.82) is 0 Å². The molecule has 3 N–H and O–H groups in total. The van der Waals surface area contributed by atoms with Gasteiger partial charge in [-0.3, -0.25) is 14.7 Å². The number of halogens is 1. The van der Waals surface area contributed by atoms with E-state index in [9.17, 15) is 29.0 Å². The van der Waals surface area contributed by atoms with E-state index in [1.54, 1.807) is 6.92 Å². The third-order valence-electron chi connectivity index (χ3n) is 5.47. The normalized spacial score (nSPS) is 19.3. The number of carboxylic acids is 1. The maximum absolute atomic E-state index is 13.0. The number of fused-ring (bicyclic) bond motifs is 1. The SMILES string of the molecule is COC(=O)c1sc(SC2=C(C(=O)O)N3C(=O)[C@@H](N=C([O-])/C(=N/OCCF)c4csc(N)n4)[C@H]3CC2)nc1C.[Na+].